The van der Waals surface area contributed by atoms with Crippen molar-refractivity contribution in [1.29, 1.82) is 0 Å². The van der Waals surface area contributed by atoms with Gasteiger partial charge in [-0.1, -0.05) is 13.8 Å². The summed E-state index contributed by atoms with van der Waals surface area (Å²) in [6.45, 7) is 5.93. The first-order valence-electron chi connectivity index (χ1n) is 10.8. The van der Waals surface area contributed by atoms with Gasteiger partial charge >= 0.3 is 0 Å². The van der Waals surface area contributed by atoms with Crippen LogP contribution in [0.25, 0.3) is 0 Å². The summed E-state index contributed by atoms with van der Waals surface area (Å²) in [5.41, 5.74) is 6.65. The van der Waals surface area contributed by atoms with Gasteiger partial charge in [0, 0.05) is 0 Å². The highest BCUT2D eigenvalue weighted by Gasteiger charge is 2.60. The minimum absolute atomic E-state index is 0.303. The standard InChI is InChI=1S/C22H38FN/c1-21-13-11-18-16(17(21)9-7-15(21)5-4-14-24)8-10-19-20(23)6-3-12-22(18,19)2/h15-20H,3-14,24H2,1-2H3. The zero-order valence-electron chi connectivity index (χ0n) is 15.9. The maximum Gasteiger partial charge on any atom is 0.103 e. The number of hydrogen-bond acceptors (Lipinski definition) is 1. The van der Waals surface area contributed by atoms with Gasteiger partial charge in [-0.25, -0.2) is 4.39 Å². The van der Waals surface area contributed by atoms with Crippen LogP contribution in [0.3, 0.4) is 0 Å². The fourth-order valence-corrected chi connectivity index (χ4v) is 8.28. The summed E-state index contributed by atoms with van der Waals surface area (Å²) in [6, 6.07) is 0. The molecular formula is C22H38FN. The van der Waals surface area contributed by atoms with Gasteiger partial charge in [-0.2, -0.15) is 0 Å². The normalized spacial score (nSPS) is 54.0. The molecule has 0 heterocycles. The van der Waals surface area contributed by atoms with Crippen LogP contribution in [0.15, 0.2) is 0 Å². The summed E-state index contributed by atoms with van der Waals surface area (Å²) in [4.78, 5) is 0. The van der Waals surface area contributed by atoms with Crippen LogP contribution in [0, 0.1) is 40.4 Å². The molecule has 8 atom stereocenters. The van der Waals surface area contributed by atoms with E-state index in [-0.39, 0.29) is 0 Å². The van der Waals surface area contributed by atoms with Crippen molar-refractivity contribution in [1.82, 2.24) is 0 Å². The Morgan fingerprint density at radius 1 is 0.875 bits per heavy atom. The van der Waals surface area contributed by atoms with Gasteiger partial charge in [-0.3, -0.25) is 0 Å². The largest absolute Gasteiger partial charge is 0.330 e. The quantitative estimate of drug-likeness (QED) is 0.701. The summed E-state index contributed by atoms with van der Waals surface area (Å²) in [6.07, 6.45) is 13.4. The van der Waals surface area contributed by atoms with Crippen molar-refractivity contribution in [2.45, 2.75) is 90.6 Å². The Bertz CT molecular complexity index is 465. The van der Waals surface area contributed by atoms with E-state index in [1.807, 2.05) is 0 Å². The van der Waals surface area contributed by atoms with E-state index >= 15 is 0 Å². The van der Waals surface area contributed by atoms with Crippen molar-refractivity contribution in [3.8, 4) is 0 Å². The third-order valence-corrected chi connectivity index (χ3v) is 9.53. The molecule has 0 spiro atoms. The molecule has 4 rings (SSSR count). The van der Waals surface area contributed by atoms with Crippen LogP contribution in [-0.4, -0.2) is 12.7 Å². The fourth-order valence-electron chi connectivity index (χ4n) is 8.28. The molecule has 0 radical (unpaired) electrons. The number of alkyl halides is 1. The van der Waals surface area contributed by atoms with Crippen LogP contribution < -0.4 is 5.73 Å². The van der Waals surface area contributed by atoms with E-state index in [0.29, 0.717) is 16.7 Å². The minimum atomic E-state index is -0.515. The third kappa shape index (κ3) is 2.42. The molecular weight excluding hydrogens is 297 g/mol. The lowest BCUT2D eigenvalue weighted by molar-refractivity contribution is -0.130. The van der Waals surface area contributed by atoms with Gasteiger partial charge in [0.25, 0.3) is 0 Å². The molecule has 0 aromatic carbocycles. The molecule has 2 heteroatoms. The highest BCUT2D eigenvalue weighted by atomic mass is 19.1. The Morgan fingerprint density at radius 2 is 1.62 bits per heavy atom. The minimum Gasteiger partial charge on any atom is -0.330 e. The van der Waals surface area contributed by atoms with Gasteiger partial charge in [-0.15, -0.1) is 0 Å². The van der Waals surface area contributed by atoms with Crippen LogP contribution >= 0.6 is 0 Å². The van der Waals surface area contributed by atoms with E-state index in [9.17, 15) is 4.39 Å². The molecule has 0 aliphatic heterocycles. The zero-order valence-corrected chi connectivity index (χ0v) is 15.9. The van der Waals surface area contributed by atoms with Crippen molar-refractivity contribution in [2.75, 3.05) is 6.54 Å². The summed E-state index contributed by atoms with van der Waals surface area (Å²) >= 11 is 0. The maximum atomic E-state index is 14.7. The van der Waals surface area contributed by atoms with Gasteiger partial charge in [0.05, 0.1) is 0 Å². The van der Waals surface area contributed by atoms with Crippen LogP contribution in [0.2, 0.25) is 0 Å². The highest BCUT2D eigenvalue weighted by Crippen LogP contribution is 2.68. The number of nitrogens with two attached hydrogens (primary N) is 1. The Labute approximate surface area is 148 Å². The number of halogens is 1. The van der Waals surface area contributed by atoms with E-state index in [4.69, 9.17) is 5.73 Å². The Morgan fingerprint density at radius 3 is 2.42 bits per heavy atom. The molecule has 1 nitrogen and oxygen atoms in total. The van der Waals surface area contributed by atoms with Crippen LogP contribution in [0.4, 0.5) is 4.39 Å². The summed E-state index contributed by atoms with van der Waals surface area (Å²) < 4.78 is 14.7. The second-order valence-electron chi connectivity index (χ2n) is 10.2. The van der Waals surface area contributed by atoms with Gasteiger partial charge in [-0.05, 0) is 118 Å². The topological polar surface area (TPSA) is 26.0 Å². The summed E-state index contributed by atoms with van der Waals surface area (Å²) in [7, 11) is 0. The van der Waals surface area contributed by atoms with Crippen molar-refractivity contribution in [3.05, 3.63) is 0 Å². The second kappa shape index (κ2) is 6.25. The molecule has 0 amide bonds. The molecule has 0 aromatic rings. The molecule has 4 saturated carbocycles. The molecule has 0 bridgehead atoms. The van der Waals surface area contributed by atoms with Crippen LogP contribution in [-0.2, 0) is 0 Å². The number of hydrogen-bond donors (Lipinski definition) is 1. The zero-order chi connectivity index (χ0) is 16.9. The fraction of sp³-hybridized carbons (Fsp3) is 1.00. The number of fused-ring (bicyclic) bond motifs is 5. The lowest BCUT2D eigenvalue weighted by Gasteiger charge is -2.61. The maximum absolute atomic E-state index is 14.7. The summed E-state index contributed by atoms with van der Waals surface area (Å²) in [5, 5.41) is 0. The van der Waals surface area contributed by atoms with Crippen LogP contribution in [0.1, 0.15) is 84.5 Å². The Kier molecular flexibility index (Phi) is 4.51. The van der Waals surface area contributed by atoms with E-state index in [2.05, 4.69) is 13.8 Å². The first-order valence-corrected chi connectivity index (χ1v) is 10.8. The van der Waals surface area contributed by atoms with Crippen molar-refractivity contribution < 1.29 is 4.39 Å². The van der Waals surface area contributed by atoms with Gasteiger partial charge in [0.1, 0.15) is 6.17 Å². The third-order valence-electron chi connectivity index (χ3n) is 9.53. The molecule has 4 fully saturated rings. The molecule has 0 aromatic heterocycles. The molecule has 0 saturated heterocycles. The lowest BCUT2D eigenvalue weighted by atomic mass is 9.44. The monoisotopic (exact) mass is 335 g/mol. The highest BCUT2D eigenvalue weighted by molar-refractivity contribution is 5.09. The van der Waals surface area contributed by atoms with E-state index < -0.39 is 6.17 Å². The van der Waals surface area contributed by atoms with E-state index in [1.165, 1.54) is 57.8 Å². The Hall–Kier alpha value is -0.110. The molecule has 4 aliphatic carbocycles. The summed E-state index contributed by atoms with van der Waals surface area (Å²) in [5.74, 6) is 3.88. The smallest absolute Gasteiger partial charge is 0.103 e. The van der Waals surface area contributed by atoms with Gasteiger partial charge < -0.3 is 5.73 Å². The molecule has 24 heavy (non-hydrogen) atoms. The second-order valence-corrected chi connectivity index (χ2v) is 10.2. The average molecular weight is 336 g/mol. The molecule has 138 valence electrons. The predicted molar refractivity (Wildman–Crippen MR) is 98.4 cm³/mol. The lowest BCUT2D eigenvalue weighted by Crippen LogP contribution is -2.54. The SMILES string of the molecule is CC12CCC3C(CCC4C(F)CCCC43C)C1CCC2CCCN. The van der Waals surface area contributed by atoms with Crippen molar-refractivity contribution in [3.63, 3.8) is 0 Å². The van der Waals surface area contributed by atoms with Crippen molar-refractivity contribution in [2.24, 2.45) is 46.2 Å². The van der Waals surface area contributed by atoms with Gasteiger partial charge in [0.15, 0.2) is 0 Å². The number of rotatable bonds is 3. The first-order chi connectivity index (χ1) is 11.5. The molecule has 4 aliphatic rings. The molecule has 2 N–H and O–H groups in total. The van der Waals surface area contributed by atoms with Crippen LogP contribution in [0.5, 0.6) is 0 Å². The predicted octanol–water partition coefficient (Wildman–Crippen LogP) is 5.72. The average Bonchev–Trinajstić information content (AvgIpc) is 2.89. The molecule has 8 unspecified atom stereocenters. The van der Waals surface area contributed by atoms with E-state index in [0.717, 1.165) is 43.1 Å². The van der Waals surface area contributed by atoms with Gasteiger partial charge in [0.2, 0.25) is 0 Å². The first kappa shape index (κ1) is 17.3. The van der Waals surface area contributed by atoms with E-state index in [1.54, 1.807) is 0 Å². The van der Waals surface area contributed by atoms with Crippen molar-refractivity contribution >= 4 is 0 Å². The Balaban J connectivity index is 1.56.